The molecule has 4 rings (SSSR count). The van der Waals surface area contributed by atoms with Gasteiger partial charge in [-0.3, -0.25) is 5.10 Å². The fraction of sp³-hybridized carbons (Fsp3) is 0.500. The number of nitrogens with one attached hydrogen (secondary N) is 2. The minimum Gasteiger partial charge on any atom is -0.395 e. The molecule has 0 radical (unpaired) electrons. The van der Waals surface area contributed by atoms with E-state index < -0.39 is 12.4 Å². The molecule has 3 N–H and O–H groups in total. The fourth-order valence-corrected chi connectivity index (χ4v) is 3.46. The second-order valence-electron chi connectivity index (χ2n) is 6.45. The molecule has 7 nitrogen and oxygen atoms in total. The molecule has 1 saturated carbocycles. The number of halogens is 2. The van der Waals surface area contributed by atoms with Gasteiger partial charge in [-0.25, -0.2) is 4.98 Å². The maximum atomic E-state index is 13.0. The van der Waals surface area contributed by atoms with Crippen molar-refractivity contribution in [2.24, 2.45) is 5.92 Å². The number of fused-ring (bicyclic) bond motifs is 1. The van der Waals surface area contributed by atoms with Crippen molar-refractivity contribution >= 4 is 0 Å². The molecule has 1 aliphatic carbocycles. The topological polar surface area (TPSA) is 92.3 Å². The van der Waals surface area contributed by atoms with E-state index in [1.165, 1.54) is 18.5 Å². The van der Waals surface area contributed by atoms with Crippen molar-refractivity contribution in [2.75, 3.05) is 6.54 Å². The molecule has 9 heteroatoms. The van der Waals surface area contributed by atoms with Crippen LogP contribution in [0.15, 0.2) is 24.5 Å². The standard InChI is InChI=1S/C16H18F2N4O3/c17-16(18)24-13-2-1-9(3-14(13)25-16)6-19-7-11-4-10(5-12(11)23)15-20-8-21-22-15/h1-3,8,10-12,19,23H,4-7H2,(H,20,21,22)/t10?,11-,12-/m1/s1. The van der Waals surface area contributed by atoms with Crippen LogP contribution < -0.4 is 14.8 Å². The average Bonchev–Trinajstić information content (AvgIpc) is 3.25. The molecule has 1 fully saturated rings. The zero-order chi connectivity index (χ0) is 17.4. The van der Waals surface area contributed by atoms with Crippen LogP contribution in [0.25, 0.3) is 0 Å². The molecule has 134 valence electrons. The number of aliphatic hydroxyl groups excluding tert-OH is 1. The van der Waals surface area contributed by atoms with Crippen molar-refractivity contribution in [3.8, 4) is 11.5 Å². The van der Waals surface area contributed by atoms with Crippen LogP contribution in [0.4, 0.5) is 8.78 Å². The number of alkyl halides is 2. The normalized spacial score (nSPS) is 26.9. The zero-order valence-electron chi connectivity index (χ0n) is 13.3. The van der Waals surface area contributed by atoms with E-state index in [9.17, 15) is 13.9 Å². The zero-order valence-corrected chi connectivity index (χ0v) is 13.3. The molecule has 0 saturated heterocycles. The van der Waals surface area contributed by atoms with Crippen LogP contribution in [0.5, 0.6) is 11.5 Å². The summed E-state index contributed by atoms with van der Waals surface area (Å²) in [4.78, 5) is 4.15. The Bertz CT molecular complexity index is 741. The van der Waals surface area contributed by atoms with Gasteiger partial charge >= 0.3 is 6.29 Å². The van der Waals surface area contributed by atoms with Gasteiger partial charge in [-0.2, -0.15) is 5.10 Å². The van der Waals surface area contributed by atoms with Gasteiger partial charge in [-0.15, -0.1) is 8.78 Å². The summed E-state index contributed by atoms with van der Waals surface area (Å²) in [6, 6.07) is 4.71. The number of aromatic amines is 1. The summed E-state index contributed by atoms with van der Waals surface area (Å²) in [5.74, 6) is 1.16. The quantitative estimate of drug-likeness (QED) is 0.760. The number of ether oxygens (including phenoxy) is 2. The number of aromatic nitrogens is 3. The minimum atomic E-state index is -3.60. The number of benzene rings is 1. The summed E-state index contributed by atoms with van der Waals surface area (Å²) in [5.41, 5.74) is 0.805. The number of nitrogens with zero attached hydrogens (tertiary/aromatic N) is 2. The number of hydrogen-bond acceptors (Lipinski definition) is 6. The van der Waals surface area contributed by atoms with Gasteiger partial charge in [0.15, 0.2) is 11.5 Å². The van der Waals surface area contributed by atoms with Gasteiger partial charge in [0.05, 0.1) is 6.10 Å². The number of aliphatic hydroxyl groups is 1. The molecule has 2 aliphatic rings. The van der Waals surface area contributed by atoms with Crippen LogP contribution in [0.3, 0.4) is 0 Å². The summed E-state index contributed by atoms with van der Waals surface area (Å²) >= 11 is 0. The van der Waals surface area contributed by atoms with E-state index in [0.29, 0.717) is 19.5 Å². The fourth-order valence-electron chi connectivity index (χ4n) is 3.46. The van der Waals surface area contributed by atoms with Crippen LogP contribution in [0, 0.1) is 5.92 Å². The maximum Gasteiger partial charge on any atom is 0.586 e. The van der Waals surface area contributed by atoms with E-state index in [0.717, 1.165) is 17.8 Å². The van der Waals surface area contributed by atoms with Gasteiger partial charge < -0.3 is 19.9 Å². The lowest BCUT2D eigenvalue weighted by molar-refractivity contribution is -0.286. The third kappa shape index (κ3) is 3.42. The summed E-state index contributed by atoms with van der Waals surface area (Å²) < 4.78 is 34.9. The maximum absolute atomic E-state index is 13.0. The molecular weight excluding hydrogens is 334 g/mol. The van der Waals surface area contributed by atoms with Crippen LogP contribution >= 0.6 is 0 Å². The third-order valence-corrected chi connectivity index (χ3v) is 4.68. The highest BCUT2D eigenvalue weighted by Gasteiger charge is 2.43. The molecule has 1 unspecified atom stereocenters. The van der Waals surface area contributed by atoms with Gasteiger partial charge in [0.1, 0.15) is 12.2 Å². The number of H-pyrrole nitrogens is 1. The first-order chi connectivity index (χ1) is 12.0. The molecule has 1 aliphatic heterocycles. The number of hydrogen-bond donors (Lipinski definition) is 3. The Balaban J connectivity index is 1.30. The summed E-state index contributed by atoms with van der Waals surface area (Å²) in [7, 11) is 0. The van der Waals surface area contributed by atoms with Gasteiger partial charge in [0, 0.05) is 19.0 Å². The van der Waals surface area contributed by atoms with Gasteiger partial charge in [-0.05, 0) is 36.5 Å². The first-order valence-electron chi connectivity index (χ1n) is 8.13. The van der Waals surface area contributed by atoms with Gasteiger partial charge in [-0.1, -0.05) is 6.07 Å². The van der Waals surface area contributed by atoms with Crippen molar-refractivity contribution in [1.82, 2.24) is 20.5 Å². The van der Waals surface area contributed by atoms with Gasteiger partial charge in [0.2, 0.25) is 0 Å². The Morgan fingerprint density at radius 3 is 2.92 bits per heavy atom. The second kappa shape index (κ2) is 6.23. The lowest BCUT2D eigenvalue weighted by atomic mass is 10.0. The van der Waals surface area contributed by atoms with E-state index in [1.807, 2.05) is 0 Å². The molecule has 2 aromatic rings. The Morgan fingerprint density at radius 1 is 1.28 bits per heavy atom. The largest absolute Gasteiger partial charge is 0.586 e. The molecule has 25 heavy (non-hydrogen) atoms. The smallest absolute Gasteiger partial charge is 0.395 e. The minimum absolute atomic E-state index is 0.0369. The third-order valence-electron chi connectivity index (χ3n) is 4.68. The van der Waals surface area contributed by atoms with E-state index in [1.54, 1.807) is 6.07 Å². The van der Waals surface area contributed by atoms with Crippen LogP contribution in [0.1, 0.15) is 30.1 Å². The van der Waals surface area contributed by atoms with E-state index in [2.05, 4.69) is 30.0 Å². The SMILES string of the molecule is O[C@@H]1CC(c2ncn[nH]2)C[C@@H]1CNCc1ccc2c(c1)OC(F)(F)O2. The molecular formula is C16H18F2N4O3. The van der Waals surface area contributed by atoms with Crippen molar-refractivity contribution in [1.29, 1.82) is 0 Å². The van der Waals surface area contributed by atoms with Crippen molar-refractivity contribution in [3.63, 3.8) is 0 Å². The second-order valence-corrected chi connectivity index (χ2v) is 6.45. The highest BCUT2D eigenvalue weighted by atomic mass is 19.3. The van der Waals surface area contributed by atoms with Gasteiger partial charge in [0.25, 0.3) is 0 Å². The molecule has 2 heterocycles. The first-order valence-corrected chi connectivity index (χ1v) is 8.13. The molecule has 0 spiro atoms. The predicted octanol–water partition coefficient (Wildman–Crippen LogP) is 1.77. The van der Waals surface area contributed by atoms with E-state index in [4.69, 9.17) is 0 Å². The Labute approximate surface area is 142 Å². The molecule has 0 amide bonds. The van der Waals surface area contributed by atoms with Crippen LogP contribution in [-0.4, -0.2) is 39.2 Å². The van der Waals surface area contributed by atoms with Crippen molar-refractivity contribution < 1.29 is 23.4 Å². The monoisotopic (exact) mass is 352 g/mol. The van der Waals surface area contributed by atoms with Crippen LogP contribution in [-0.2, 0) is 6.54 Å². The summed E-state index contributed by atoms with van der Waals surface area (Å²) in [6.45, 7) is 1.11. The average molecular weight is 352 g/mol. The molecule has 1 aromatic carbocycles. The Hall–Kier alpha value is -2.26. The Kier molecular flexibility index (Phi) is 4.04. The first kappa shape index (κ1) is 16.2. The molecule has 0 bridgehead atoms. The number of rotatable bonds is 5. The molecule has 3 atom stereocenters. The molecule has 1 aromatic heterocycles. The van der Waals surface area contributed by atoms with Crippen molar-refractivity contribution in [2.45, 2.75) is 37.7 Å². The summed E-state index contributed by atoms with van der Waals surface area (Å²) in [6.07, 6.45) is -1.07. The van der Waals surface area contributed by atoms with E-state index in [-0.39, 0.29) is 23.3 Å². The highest BCUT2D eigenvalue weighted by molar-refractivity contribution is 5.45. The summed E-state index contributed by atoms with van der Waals surface area (Å²) in [5, 5.41) is 20.2. The van der Waals surface area contributed by atoms with E-state index >= 15 is 0 Å². The van der Waals surface area contributed by atoms with Crippen molar-refractivity contribution in [3.05, 3.63) is 35.9 Å². The Morgan fingerprint density at radius 2 is 2.12 bits per heavy atom. The lowest BCUT2D eigenvalue weighted by Crippen LogP contribution is -2.27. The highest BCUT2D eigenvalue weighted by Crippen LogP contribution is 2.41. The lowest BCUT2D eigenvalue weighted by Gasteiger charge is -2.15. The predicted molar refractivity (Wildman–Crippen MR) is 82.2 cm³/mol. The van der Waals surface area contributed by atoms with Crippen LogP contribution in [0.2, 0.25) is 0 Å².